The van der Waals surface area contributed by atoms with Gasteiger partial charge in [0, 0.05) is 11.9 Å². The molecule has 3 heteroatoms. The lowest BCUT2D eigenvalue weighted by atomic mass is 10.1. The zero-order chi connectivity index (χ0) is 7.40. The molecule has 0 aromatic rings. The molecule has 0 aromatic carbocycles. The maximum Gasteiger partial charge on any atom is 0.0659 e. The molecule has 1 heterocycles. The Hall–Kier alpha value is 0.270. The van der Waals surface area contributed by atoms with Crippen molar-refractivity contribution >= 4 is 11.8 Å². The van der Waals surface area contributed by atoms with E-state index in [2.05, 4.69) is 0 Å². The predicted molar refractivity (Wildman–Crippen MR) is 43.2 cm³/mol. The summed E-state index contributed by atoms with van der Waals surface area (Å²) in [7, 11) is 0. The van der Waals surface area contributed by atoms with Gasteiger partial charge in [-0.3, -0.25) is 0 Å². The average molecular weight is 162 g/mol. The SMILES string of the molecule is OCCC1SCCCC1O. The third-order valence-electron chi connectivity index (χ3n) is 1.82. The second-order valence-corrected chi connectivity index (χ2v) is 3.98. The highest BCUT2D eigenvalue weighted by Crippen LogP contribution is 2.27. The van der Waals surface area contributed by atoms with E-state index in [-0.39, 0.29) is 12.7 Å². The van der Waals surface area contributed by atoms with Gasteiger partial charge in [0.2, 0.25) is 0 Å². The predicted octanol–water partition coefficient (Wildman–Crippen LogP) is 0.625. The van der Waals surface area contributed by atoms with Gasteiger partial charge in [-0.2, -0.15) is 11.8 Å². The molecule has 1 rings (SSSR count). The molecule has 1 fully saturated rings. The summed E-state index contributed by atoms with van der Waals surface area (Å²) in [5.74, 6) is 1.14. The van der Waals surface area contributed by atoms with Gasteiger partial charge in [0.1, 0.15) is 0 Å². The Morgan fingerprint density at radius 1 is 1.50 bits per heavy atom. The van der Waals surface area contributed by atoms with Gasteiger partial charge in [0.25, 0.3) is 0 Å². The van der Waals surface area contributed by atoms with E-state index < -0.39 is 0 Å². The van der Waals surface area contributed by atoms with Crippen LogP contribution in [0.3, 0.4) is 0 Å². The topological polar surface area (TPSA) is 40.5 Å². The lowest BCUT2D eigenvalue weighted by Gasteiger charge is -2.26. The molecular formula is C7H14O2S. The quantitative estimate of drug-likeness (QED) is 0.625. The van der Waals surface area contributed by atoms with Gasteiger partial charge in [-0.15, -0.1) is 0 Å². The molecule has 60 valence electrons. The van der Waals surface area contributed by atoms with Gasteiger partial charge in [0.05, 0.1) is 6.10 Å². The highest BCUT2D eigenvalue weighted by Gasteiger charge is 2.22. The summed E-state index contributed by atoms with van der Waals surface area (Å²) in [5.41, 5.74) is 0. The van der Waals surface area contributed by atoms with Gasteiger partial charge in [-0.1, -0.05) is 0 Å². The molecule has 0 spiro atoms. The van der Waals surface area contributed by atoms with E-state index in [0.717, 1.165) is 25.0 Å². The molecule has 0 saturated carbocycles. The summed E-state index contributed by atoms with van der Waals surface area (Å²) in [4.78, 5) is 0. The van der Waals surface area contributed by atoms with Crippen LogP contribution in [0.2, 0.25) is 0 Å². The molecule has 0 aliphatic carbocycles. The zero-order valence-corrected chi connectivity index (χ0v) is 6.81. The normalized spacial score (nSPS) is 34.2. The molecule has 0 aromatic heterocycles. The van der Waals surface area contributed by atoms with Crippen molar-refractivity contribution in [3.63, 3.8) is 0 Å². The highest BCUT2D eigenvalue weighted by molar-refractivity contribution is 8.00. The third-order valence-corrected chi connectivity index (χ3v) is 3.32. The van der Waals surface area contributed by atoms with Crippen molar-refractivity contribution in [1.82, 2.24) is 0 Å². The molecule has 2 atom stereocenters. The fourth-order valence-corrected chi connectivity index (χ4v) is 2.49. The molecule has 1 aliphatic heterocycles. The minimum Gasteiger partial charge on any atom is -0.396 e. The first-order valence-electron chi connectivity index (χ1n) is 3.75. The second kappa shape index (κ2) is 4.21. The number of rotatable bonds is 2. The summed E-state index contributed by atoms with van der Waals surface area (Å²) in [6, 6.07) is 0. The third kappa shape index (κ3) is 2.15. The Morgan fingerprint density at radius 2 is 2.30 bits per heavy atom. The van der Waals surface area contributed by atoms with Gasteiger partial charge < -0.3 is 10.2 Å². The lowest BCUT2D eigenvalue weighted by Crippen LogP contribution is -2.28. The number of thioether (sulfide) groups is 1. The van der Waals surface area contributed by atoms with E-state index in [0.29, 0.717) is 5.25 Å². The number of aliphatic hydroxyl groups is 2. The van der Waals surface area contributed by atoms with Crippen LogP contribution < -0.4 is 0 Å². The van der Waals surface area contributed by atoms with Crippen molar-refractivity contribution in [2.75, 3.05) is 12.4 Å². The Kier molecular flexibility index (Phi) is 3.52. The fourth-order valence-electron chi connectivity index (χ4n) is 1.23. The number of aliphatic hydroxyl groups excluding tert-OH is 2. The van der Waals surface area contributed by atoms with Crippen LogP contribution in [0, 0.1) is 0 Å². The molecule has 0 radical (unpaired) electrons. The fraction of sp³-hybridized carbons (Fsp3) is 1.00. The van der Waals surface area contributed by atoms with Crippen LogP contribution in [-0.2, 0) is 0 Å². The summed E-state index contributed by atoms with van der Waals surface area (Å²) in [6.45, 7) is 0.203. The van der Waals surface area contributed by atoms with Crippen LogP contribution in [-0.4, -0.2) is 33.9 Å². The van der Waals surface area contributed by atoms with Crippen molar-refractivity contribution in [2.45, 2.75) is 30.6 Å². The van der Waals surface area contributed by atoms with Gasteiger partial charge in [-0.25, -0.2) is 0 Å². The van der Waals surface area contributed by atoms with Crippen LogP contribution in [0.5, 0.6) is 0 Å². The molecule has 10 heavy (non-hydrogen) atoms. The van der Waals surface area contributed by atoms with E-state index in [4.69, 9.17) is 5.11 Å². The molecule has 0 bridgehead atoms. The first kappa shape index (κ1) is 8.37. The lowest BCUT2D eigenvalue weighted by molar-refractivity contribution is 0.143. The summed E-state index contributed by atoms with van der Waals surface area (Å²) in [6.07, 6.45) is 2.60. The Labute approximate surface area is 65.6 Å². The number of hydrogen-bond donors (Lipinski definition) is 2. The van der Waals surface area contributed by atoms with Crippen LogP contribution in [0.4, 0.5) is 0 Å². The molecular weight excluding hydrogens is 148 g/mol. The van der Waals surface area contributed by atoms with E-state index >= 15 is 0 Å². The minimum atomic E-state index is -0.175. The Bertz CT molecular complexity index is 95.6. The van der Waals surface area contributed by atoms with Gasteiger partial charge in [-0.05, 0) is 25.0 Å². The first-order chi connectivity index (χ1) is 4.84. The van der Waals surface area contributed by atoms with Gasteiger partial charge in [0.15, 0.2) is 0 Å². The minimum absolute atomic E-state index is 0.175. The van der Waals surface area contributed by atoms with Crippen molar-refractivity contribution in [3.05, 3.63) is 0 Å². The second-order valence-electron chi connectivity index (χ2n) is 2.63. The maximum atomic E-state index is 9.37. The number of hydrogen-bond acceptors (Lipinski definition) is 3. The zero-order valence-electron chi connectivity index (χ0n) is 5.99. The smallest absolute Gasteiger partial charge is 0.0659 e. The highest BCUT2D eigenvalue weighted by atomic mass is 32.2. The maximum absolute atomic E-state index is 9.37. The summed E-state index contributed by atoms with van der Waals surface area (Å²) >= 11 is 1.79. The van der Waals surface area contributed by atoms with E-state index in [1.54, 1.807) is 11.8 Å². The molecule has 2 N–H and O–H groups in total. The Morgan fingerprint density at radius 3 is 2.90 bits per heavy atom. The van der Waals surface area contributed by atoms with Crippen molar-refractivity contribution in [1.29, 1.82) is 0 Å². The van der Waals surface area contributed by atoms with Crippen molar-refractivity contribution in [3.8, 4) is 0 Å². The molecule has 0 amide bonds. The van der Waals surface area contributed by atoms with Crippen LogP contribution in [0.25, 0.3) is 0 Å². The standard InChI is InChI=1S/C7H14O2S/c8-4-3-7-6(9)2-1-5-10-7/h6-9H,1-5H2. The monoisotopic (exact) mass is 162 g/mol. The van der Waals surface area contributed by atoms with Crippen molar-refractivity contribution < 1.29 is 10.2 Å². The van der Waals surface area contributed by atoms with Gasteiger partial charge >= 0.3 is 0 Å². The Balaban J connectivity index is 2.25. The van der Waals surface area contributed by atoms with Crippen molar-refractivity contribution in [2.24, 2.45) is 0 Å². The van der Waals surface area contributed by atoms with Crippen LogP contribution >= 0.6 is 11.8 Å². The average Bonchev–Trinajstić information content (AvgIpc) is 1.94. The molecule has 2 unspecified atom stereocenters. The first-order valence-corrected chi connectivity index (χ1v) is 4.80. The van der Waals surface area contributed by atoms with E-state index in [9.17, 15) is 5.11 Å². The van der Waals surface area contributed by atoms with E-state index in [1.807, 2.05) is 0 Å². The largest absolute Gasteiger partial charge is 0.396 e. The summed E-state index contributed by atoms with van der Waals surface area (Å²) < 4.78 is 0. The molecule has 2 nitrogen and oxygen atoms in total. The van der Waals surface area contributed by atoms with E-state index in [1.165, 1.54) is 0 Å². The molecule has 1 aliphatic rings. The molecule has 1 saturated heterocycles. The van der Waals surface area contributed by atoms with Crippen LogP contribution in [0.15, 0.2) is 0 Å². The van der Waals surface area contributed by atoms with Crippen LogP contribution in [0.1, 0.15) is 19.3 Å². The summed E-state index contributed by atoms with van der Waals surface area (Å²) in [5, 5.41) is 18.3.